The van der Waals surface area contributed by atoms with Gasteiger partial charge in [-0.3, -0.25) is 9.78 Å². The highest BCUT2D eigenvalue weighted by molar-refractivity contribution is 6.33. The molecule has 1 aromatic heterocycles. The van der Waals surface area contributed by atoms with Gasteiger partial charge in [0.2, 0.25) is 0 Å². The normalized spacial score (nSPS) is 12.8. The van der Waals surface area contributed by atoms with Crippen molar-refractivity contribution in [2.75, 3.05) is 13.2 Å². The van der Waals surface area contributed by atoms with E-state index in [0.29, 0.717) is 36.1 Å². The third kappa shape index (κ3) is 3.08. The molecule has 0 unspecified atom stereocenters. The summed E-state index contributed by atoms with van der Waals surface area (Å²) in [5.74, 6) is 1.20. The van der Waals surface area contributed by atoms with Gasteiger partial charge < -0.3 is 14.8 Å². The Morgan fingerprint density at radius 2 is 2.05 bits per heavy atom. The number of ether oxygens (including phenoxy) is 2. The number of pyridine rings is 1. The molecule has 0 atom stereocenters. The Hall–Kier alpha value is -2.27. The molecule has 1 aromatic carbocycles. The summed E-state index contributed by atoms with van der Waals surface area (Å²) in [5, 5.41) is 3.15. The minimum Gasteiger partial charge on any atom is -0.486 e. The lowest BCUT2D eigenvalue weighted by atomic mass is 10.2. The standard InChI is InChI=1S/C15H13ClN2O3/c16-12-9-17-4-3-11(12)15(19)18-8-10-1-2-13-14(7-10)21-6-5-20-13/h1-4,7,9H,5-6,8H2,(H,18,19). The zero-order valence-corrected chi connectivity index (χ0v) is 11.9. The van der Waals surface area contributed by atoms with E-state index in [-0.39, 0.29) is 5.91 Å². The monoisotopic (exact) mass is 304 g/mol. The molecular weight excluding hydrogens is 292 g/mol. The van der Waals surface area contributed by atoms with Crippen LogP contribution in [0.25, 0.3) is 0 Å². The topological polar surface area (TPSA) is 60.5 Å². The van der Waals surface area contributed by atoms with Crippen LogP contribution in [0.1, 0.15) is 15.9 Å². The van der Waals surface area contributed by atoms with Gasteiger partial charge in [-0.1, -0.05) is 17.7 Å². The van der Waals surface area contributed by atoms with E-state index in [1.54, 1.807) is 6.07 Å². The average Bonchev–Trinajstić information content (AvgIpc) is 2.53. The van der Waals surface area contributed by atoms with Crippen LogP contribution in [0.4, 0.5) is 0 Å². The number of hydrogen-bond acceptors (Lipinski definition) is 4. The number of hydrogen-bond donors (Lipinski definition) is 1. The van der Waals surface area contributed by atoms with Crippen molar-refractivity contribution in [1.82, 2.24) is 10.3 Å². The Labute approximate surface area is 126 Å². The number of aromatic nitrogens is 1. The number of amides is 1. The highest BCUT2D eigenvalue weighted by atomic mass is 35.5. The van der Waals surface area contributed by atoms with Gasteiger partial charge >= 0.3 is 0 Å². The maximum absolute atomic E-state index is 12.0. The van der Waals surface area contributed by atoms with E-state index < -0.39 is 0 Å². The van der Waals surface area contributed by atoms with E-state index in [1.807, 2.05) is 18.2 Å². The molecule has 0 radical (unpaired) electrons. The molecule has 0 aliphatic carbocycles. The highest BCUT2D eigenvalue weighted by Gasteiger charge is 2.13. The first-order valence-corrected chi connectivity index (χ1v) is 6.88. The average molecular weight is 305 g/mol. The van der Waals surface area contributed by atoms with E-state index in [2.05, 4.69) is 10.3 Å². The Bertz CT molecular complexity index is 676. The Morgan fingerprint density at radius 1 is 1.24 bits per heavy atom. The fourth-order valence-electron chi connectivity index (χ4n) is 2.03. The van der Waals surface area contributed by atoms with Gasteiger partial charge in [-0.25, -0.2) is 0 Å². The molecule has 5 nitrogen and oxygen atoms in total. The zero-order valence-electron chi connectivity index (χ0n) is 11.1. The van der Waals surface area contributed by atoms with E-state index in [0.717, 1.165) is 11.3 Å². The molecule has 0 bridgehead atoms. The first kappa shape index (κ1) is 13.7. The number of benzene rings is 1. The highest BCUT2D eigenvalue weighted by Crippen LogP contribution is 2.30. The van der Waals surface area contributed by atoms with E-state index >= 15 is 0 Å². The van der Waals surface area contributed by atoms with Crippen LogP contribution < -0.4 is 14.8 Å². The molecule has 1 aliphatic rings. The van der Waals surface area contributed by atoms with Crippen molar-refractivity contribution >= 4 is 17.5 Å². The number of carbonyl (C=O) groups is 1. The molecule has 0 saturated heterocycles. The largest absolute Gasteiger partial charge is 0.486 e. The van der Waals surface area contributed by atoms with Crippen molar-refractivity contribution in [2.24, 2.45) is 0 Å². The Balaban J connectivity index is 1.68. The third-order valence-electron chi connectivity index (χ3n) is 3.08. The molecule has 0 spiro atoms. The van der Waals surface area contributed by atoms with Crippen molar-refractivity contribution < 1.29 is 14.3 Å². The number of halogens is 1. The second-order valence-electron chi connectivity index (χ2n) is 4.52. The fourth-order valence-corrected chi connectivity index (χ4v) is 2.24. The smallest absolute Gasteiger partial charge is 0.253 e. The molecule has 21 heavy (non-hydrogen) atoms. The summed E-state index contributed by atoms with van der Waals surface area (Å²) in [6.07, 6.45) is 2.98. The number of rotatable bonds is 3. The minimum atomic E-state index is -0.239. The summed E-state index contributed by atoms with van der Waals surface area (Å²) in [5.41, 5.74) is 1.34. The van der Waals surface area contributed by atoms with Crippen LogP contribution in [0.3, 0.4) is 0 Å². The SMILES string of the molecule is O=C(NCc1ccc2c(c1)OCCO2)c1ccncc1Cl. The van der Waals surface area contributed by atoms with Crippen molar-refractivity contribution in [2.45, 2.75) is 6.54 Å². The van der Waals surface area contributed by atoms with Gasteiger partial charge in [-0.05, 0) is 23.8 Å². The molecule has 3 rings (SSSR count). The second-order valence-corrected chi connectivity index (χ2v) is 4.92. The van der Waals surface area contributed by atoms with Gasteiger partial charge in [0.05, 0.1) is 10.6 Å². The van der Waals surface area contributed by atoms with E-state index in [1.165, 1.54) is 12.4 Å². The summed E-state index contributed by atoms with van der Waals surface area (Å²) in [7, 11) is 0. The second kappa shape index (κ2) is 6.01. The lowest BCUT2D eigenvalue weighted by Crippen LogP contribution is -2.23. The Kier molecular flexibility index (Phi) is 3.92. The predicted octanol–water partition coefficient (Wildman–Crippen LogP) is 2.44. The van der Waals surface area contributed by atoms with Crippen LogP contribution in [0.5, 0.6) is 11.5 Å². The van der Waals surface area contributed by atoms with Crippen molar-refractivity contribution in [1.29, 1.82) is 0 Å². The fraction of sp³-hybridized carbons (Fsp3) is 0.200. The molecule has 2 heterocycles. The lowest BCUT2D eigenvalue weighted by molar-refractivity contribution is 0.0951. The van der Waals surface area contributed by atoms with Gasteiger partial charge in [0.1, 0.15) is 13.2 Å². The molecule has 1 aliphatic heterocycles. The van der Waals surface area contributed by atoms with E-state index in [9.17, 15) is 4.79 Å². The van der Waals surface area contributed by atoms with Crippen LogP contribution in [-0.2, 0) is 6.54 Å². The summed E-state index contributed by atoms with van der Waals surface area (Å²) < 4.78 is 11.0. The minimum absolute atomic E-state index is 0.239. The summed E-state index contributed by atoms with van der Waals surface area (Å²) in [4.78, 5) is 15.9. The van der Waals surface area contributed by atoms with Crippen LogP contribution >= 0.6 is 11.6 Å². The molecule has 108 valence electrons. The molecule has 0 saturated carbocycles. The zero-order chi connectivity index (χ0) is 14.7. The van der Waals surface area contributed by atoms with Crippen molar-refractivity contribution in [3.8, 4) is 11.5 Å². The molecular formula is C15H13ClN2O3. The maximum atomic E-state index is 12.0. The van der Waals surface area contributed by atoms with Gasteiger partial charge in [-0.15, -0.1) is 0 Å². The van der Waals surface area contributed by atoms with Gasteiger partial charge in [0.25, 0.3) is 5.91 Å². The molecule has 0 fully saturated rings. The summed E-state index contributed by atoms with van der Waals surface area (Å²) in [6.45, 7) is 1.48. The van der Waals surface area contributed by atoms with Crippen LogP contribution in [0, 0.1) is 0 Å². The summed E-state index contributed by atoms with van der Waals surface area (Å²) >= 11 is 5.94. The third-order valence-corrected chi connectivity index (χ3v) is 3.38. The van der Waals surface area contributed by atoms with Crippen LogP contribution in [0.2, 0.25) is 5.02 Å². The van der Waals surface area contributed by atoms with Gasteiger partial charge in [0, 0.05) is 18.9 Å². The van der Waals surface area contributed by atoms with Gasteiger partial charge in [-0.2, -0.15) is 0 Å². The van der Waals surface area contributed by atoms with Crippen LogP contribution in [0.15, 0.2) is 36.7 Å². The molecule has 1 N–H and O–H groups in total. The number of carbonyl (C=O) groups excluding carboxylic acids is 1. The molecule has 1 amide bonds. The number of nitrogens with one attached hydrogen (secondary N) is 1. The Morgan fingerprint density at radius 3 is 2.86 bits per heavy atom. The molecule has 2 aromatic rings. The number of nitrogens with zero attached hydrogens (tertiary/aromatic N) is 1. The quantitative estimate of drug-likeness (QED) is 0.946. The first-order valence-electron chi connectivity index (χ1n) is 6.50. The summed E-state index contributed by atoms with van der Waals surface area (Å²) in [6, 6.07) is 7.18. The maximum Gasteiger partial charge on any atom is 0.253 e. The van der Waals surface area contributed by atoms with E-state index in [4.69, 9.17) is 21.1 Å². The van der Waals surface area contributed by atoms with Crippen LogP contribution in [-0.4, -0.2) is 24.1 Å². The molecule has 6 heteroatoms. The van der Waals surface area contributed by atoms with Gasteiger partial charge in [0.15, 0.2) is 11.5 Å². The number of fused-ring (bicyclic) bond motifs is 1. The predicted molar refractivity (Wildman–Crippen MR) is 77.8 cm³/mol. The van der Waals surface area contributed by atoms with Crippen molar-refractivity contribution in [3.63, 3.8) is 0 Å². The van der Waals surface area contributed by atoms with Crippen molar-refractivity contribution in [3.05, 3.63) is 52.8 Å². The first-order chi connectivity index (χ1) is 10.2. The lowest BCUT2D eigenvalue weighted by Gasteiger charge is -2.19.